The Morgan fingerprint density at radius 2 is 2.00 bits per heavy atom. The third kappa shape index (κ3) is 5.17. The highest BCUT2D eigenvalue weighted by atomic mass is 16.5. The molecule has 0 fully saturated rings. The molecule has 2 aromatic carbocycles. The average molecular weight is 450 g/mol. The Morgan fingerprint density at radius 3 is 2.79 bits per heavy atom. The number of aliphatic hydroxyl groups is 2. The van der Waals surface area contributed by atoms with Gasteiger partial charge in [0.05, 0.1) is 13.2 Å². The second kappa shape index (κ2) is 10.8. The van der Waals surface area contributed by atoms with Gasteiger partial charge in [0.1, 0.15) is 0 Å². The molecule has 0 spiro atoms. The smallest absolute Gasteiger partial charge is 0.267 e. The lowest BCUT2D eigenvalue weighted by Gasteiger charge is -2.29. The zero-order chi connectivity index (χ0) is 23.2. The van der Waals surface area contributed by atoms with Gasteiger partial charge in [0, 0.05) is 48.9 Å². The third-order valence-electron chi connectivity index (χ3n) is 6.46. The van der Waals surface area contributed by atoms with Crippen molar-refractivity contribution in [1.29, 1.82) is 0 Å². The fraction of sp³-hybridized carbons (Fsp3) is 0.346. The first kappa shape index (κ1) is 23.2. The Bertz CT molecular complexity index is 1140. The number of nitrogens with one attached hydrogen (secondary N) is 1. The van der Waals surface area contributed by atoms with E-state index in [1.54, 1.807) is 11.6 Å². The van der Waals surface area contributed by atoms with Crippen LogP contribution in [-0.2, 0) is 24.2 Å². The van der Waals surface area contributed by atoms with Gasteiger partial charge in [-0.3, -0.25) is 14.9 Å². The van der Waals surface area contributed by atoms with Crippen molar-refractivity contribution in [2.75, 3.05) is 26.3 Å². The summed E-state index contributed by atoms with van der Waals surface area (Å²) in [6.07, 6.45) is 7.94. The molecule has 1 aromatic heterocycles. The molecule has 1 heterocycles. The maximum atomic E-state index is 11.2. The fourth-order valence-corrected chi connectivity index (χ4v) is 4.94. The zero-order valence-corrected chi connectivity index (χ0v) is 18.7. The molecule has 4 rings (SSSR count). The molecule has 0 bridgehead atoms. The Labute approximate surface area is 193 Å². The van der Waals surface area contributed by atoms with Gasteiger partial charge in [-0.05, 0) is 53.7 Å². The number of benzene rings is 2. The minimum absolute atomic E-state index is 0.106. The SMILES string of the molecule is O=C(/C=C/c1ccc2c(c1)CCC2N(CCO)CCc1cn(CCO)c2ccccc12)NO. The predicted octanol–water partition coefficient (Wildman–Crippen LogP) is 2.68. The van der Waals surface area contributed by atoms with Gasteiger partial charge in [-0.1, -0.05) is 36.4 Å². The normalized spacial score (nSPS) is 15.6. The highest BCUT2D eigenvalue weighted by Crippen LogP contribution is 2.36. The van der Waals surface area contributed by atoms with Gasteiger partial charge >= 0.3 is 0 Å². The van der Waals surface area contributed by atoms with Crippen LogP contribution in [0.1, 0.15) is 34.7 Å². The molecule has 0 radical (unpaired) electrons. The molecule has 3 aromatic rings. The number of rotatable bonds is 10. The first-order valence-corrected chi connectivity index (χ1v) is 11.4. The number of para-hydroxylation sites is 1. The summed E-state index contributed by atoms with van der Waals surface area (Å²) in [5, 5.41) is 29.0. The largest absolute Gasteiger partial charge is 0.395 e. The van der Waals surface area contributed by atoms with Crippen LogP contribution in [0.4, 0.5) is 0 Å². The molecule has 1 aliphatic carbocycles. The van der Waals surface area contributed by atoms with Crippen LogP contribution in [0.25, 0.3) is 17.0 Å². The molecular formula is C26H31N3O4. The lowest BCUT2D eigenvalue weighted by molar-refractivity contribution is -0.124. The molecule has 1 unspecified atom stereocenters. The highest BCUT2D eigenvalue weighted by molar-refractivity contribution is 5.90. The maximum absolute atomic E-state index is 11.2. The molecule has 0 saturated carbocycles. The van der Waals surface area contributed by atoms with Crippen LogP contribution in [0.3, 0.4) is 0 Å². The molecule has 33 heavy (non-hydrogen) atoms. The number of amides is 1. The standard InChI is InChI=1S/C26H31N3O4/c30-15-13-28(12-11-21-18-29(14-16-31)24-4-2-1-3-22(21)24)25-9-7-20-17-19(5-8-23(20)25)6-10-26(32)27-33/h1-6,8,10,17-18,25,30-31,33H,7,9,11-16H2,(H,27,32)/b10-6+. The van der Waals surface area contributed by atoms with Gasteiger partial charge < -0.3 is 14.8 Å². The fourth-order valence-electron chi connectivity index (χ4n) is 4.94. The summed E-state index contributed by atoms with van der Waals surface area (Å²) in [4.78, 5) is 13.6. The number of nitrogens with zero attached hydrogens (tertiary/aromatic N) is 2. The number of aromatic nitrogens is 1. The van der Waals surface area contributed by atoms with Crippen molar-refractivity contribution in [2.24, 2.45) is 0 Å². The van der Waals surface area contributed by atoms with Crippen LogP contribution >= 0.6 is 0 Å². The lowest BCUT2D eigenvalue weighted by Crippen LogP contribution is -2.32. The summed E-state index contributed by atoms with van der Waals surface area (Å²) in [5.41, 5.74) is 7.44. The Morgan fingerprint density at radius 1 is 1.15 bits per heavy atom. The number of hydrogen-bond acceptors (Lipinski definition) is 5. The first-order valence-electron chi connectivity index (χ1n) is 11.4. The van der Waals surface area contributed by atoms with Gasteiger partial charge in [-0.25, -0.2) is 5.48 Å². The van der Waals surface area contributed by atoms with E-state index in [9.17, 15) is 15.0 Å². The van der Waals surface area contributed by atoms with Crippen LogP contribution < -0.4 is 5.48 Å². The molecule has 1 atom stereocenters. The van der Waals surface area contributed by atoms with E-state index in [1.807, 2.05) is 18.2 Å². The van der Waals surface area contributed by atoms with Crippen molar-refractivity contribution in [2.45, 2.75) is 31.8 Å². The maximum Gasteiger partial charge on any atom is 0.267 e. The van der Waals surface area contributed by atoms with Crippen LogP contribution in [0, 0.1) is 0 Å². The second-order valence-corrected chi connectivity index (χ2v) is 8.42. The number of hydroxylamine groups is 1. The number of fused-ring (bicyclic) bond motifs is 2. The van der Waals surface area contributed by atoms with Gasteiger partial charge in [0.15, 0.2) is 0 Å². The zero-order valence-electron chi connectivity index (χ0n) is 18.7. The van der Waals surface area contributed by atoms with E-state index in [0.29, 0.717) is 13.1 Å². The monoisotopic (exact) mass is 449 g/mol. The predicted molar refractivity (Wildman–Crippen MR) is 128 cm³/mol. The van der Waals surface area contributed by atoms with Crippen LogP contribution in [0.15, 0.2) is 54.7 Å². The minimum Gasteiger partial charge on any atom is -0.395 e. The quantitative estimate of drug-likeness (QED) is 0.217. The molecule has 0 saturated heterocycles. The molecule has 4 N–H and O–H groups in total. The Hall–Kier alpha value is -2.97. The van der Waals surface area contributed by atoms with E-state index in [-0.39, 0.29) is 19.3 Å². The number of carbonyl (C=O) groups excluding carboxylic acids is 1. The van der Waals surface area contributed by atoms with Crippen molar-refractivity contribution < 1.29 is 20.2 Å². The number of aryl methyl sites for hydroxylation is 1. The van der Waals surface area contributed by atoms with Crippen molar-refractivity contribution >= 4 is 22.9 Å². The van der Waals surface area contributed by atoms with Crippen molar-refractivity contribution in [3.63, 3.8) is 0 Å². The van der Waals surface area contributed by atoms with Crippen LogP contribution in [-0.4, -0.2) is 57.1 Å². The summed E-state index contributed by atoms with van der Waals surface area (Å²) in [5.74, 6) is -0.553. The minimum atomic E-state index is -0.553. The van der Waals surface area contributed by atoms with E-state index in [4.69, 9.17) is 5.21 Å². The van der Waals surface area contributed by atoms with E-state index < -0.39 is 5.91 Å². The molecule has 1 aliphatic rings. The van der Waals surface area contributed by atoms with Crippen molar-refractivity contribution in [3.8, 4) is 0 Å². The summed E-state index contributed by atoms with van der Waals surface area (Å²) in [6, 6.07) is 14.7. The molecular weight excluding hydrogens is 418 g/mol. The number of hydrogen-bond donors (Lipinski definition) is 4. The van der Waals surface area contributed by atoms with E-state index >= 15 is 0 Å². The van der Waals surface area contributed by atoms with Gasteiger partial charge in [0.25, 0.3) is 5.91 Å². The number of carbonyl (C=O) groups is 1. The van der Waals surface area contributed by atoms with Crippen LogP contribution in [0.2, 0.25) is 0 Å². The van der Waals surface area contributed by atoms with Gasteiger partial charge in [-0.2, -0.15) is 0 Å². The van der Waals surface area contributed by atoms with E-state index in [0.717, 1.165) is 36.9 Å². The third-order valence-corrected chi connectivity index (χ3v) is 6.46. The molecule has 174 valence electrons. The van der Waals surface area contributed by atoms with Gasteiger partial charge in [0.2, 0.25) is 0 Å². The molecule has 7 heteroatoms. The summed E-state index contributed by atoms with van der Waals surface area (Å²) >= 11 is 0. The summed E-state index contributed by atoms with van der Waals surface area (Å²) in [7, 11) is 0. The van der Waals surface area contributed by atoms with E-state index in [2.05, 4.69) is 39.9 Å². The second-order valence-electron chi connectivity index (χ2n) is 8.42. The summed E-state index contributed by atoms with van der Waals surface area (Å²) < 4.78 is 2.11. The average Bonchev–Trinajstić information content (AvgIpc) is 3.42. The van der Waals surface area contributed by atoms with Gasteiger partial charge in [-0.15, -0.1) is 0 Å². The highest BCUT2D eigenvalue weighted by Gasteiger charge is 2.27. The van der Waals surface area contributed by atoms with Crippen molar-refractivity contribution in [1.82, 2.24) is 14.9 Å². The van der Waals surface area contributed by atoms with Crippen LogP contribution in [0.5, 0.6) is 0 Å². The number of aliphatic hydroxyl groups excluding tert-OH is 2. The first-order chi connectivity index (χ1) is 16.1. The Kier molecular flexibility index (Phi) is 7.57. The van der Waals surface area contributed by atoms with Crippen molar-refractivity contribution in [3.05, 3.63) is 77.0 Å². The molecule has 7 nitrogen and oxygen atoms in total. The molecule has 0 aliphatic heterocycles. The summed E-state index contributed by atoms with van der Waals surface area (Å²) in [6.45, 7) is 2.23. The van der Waals surface area contributed by atoms with E-state index in [1.165, 1.54) is 28.2 Å². The lowest BCUT2D eigenvalue weighted by atomic mass is 10.0. The molecule has 1 amide bonds. The topological polar surface area (TPSA) is 98.0 Å². The Balaban J connectivity index is 1.51.